The summed E-state index contributed by atoms with van der Waals surface area (Å²) in [6.07, 6.45) is 0. The van der Waals surface area contributed by atoms with E-state index in [0.29, 0.717) is 5.75 Å². The summed E-state index contributed by atoms with van der Waals surface area (Å²) in [6.45, 7) is 0. The molecule has 2 aromatic rings. The summed E-state index contributed by atoms with van der Waals surface area (Å²) in [6, 6.07) is 6.83. The van der Waals surface area contributed by atoms with Gasteiger partial charge in [0.25, 0.3) is 15.9 Å². The topological polar surface area (TPSA) is 88.3 Å². The minimum atomic E-state index is -4.00. The Kier molecular flexibility index (Phi) is 4.46. The second-order valence-electron chi connectivity index (χ2n) is 3.96. The number of aromatic nitrogens is 1. The Bertz CT molecular complexity index is 750. The van der Waals surface area contributed by atoms with Gasteiger partial charge in [-0.15, -0.1) is 0 Å². The van der Waals surface area contributed by atoms with E-state index in [0.717, 1.165) is 0 Å². The molecule has 0 radical (unpaired) electrons. The summed E-state index contributed by atoms with van der Waals surface area (Å²) in [4.78, 5) is 14.3. The van der Waals surface area contributed by atoms with Crippen molar-refractivity contribution in [2.75, 3.05) is 7.11 Å². The van der Waals surface area contributed by atoms with Gasteiger partial charge in [0.2, 0.25) is 0 Å². The molecule has 0 aliphatic heterocycles. The van der Waals surface area contributed by atoms with Gasteiger partial charge in [-0.25, -0.2) is 13.1 Å². The number of methoxy groups -OCH3 is 1. The summed E-state index contributed by atoms with van der Waals surface area (Å²) < 4.78 is 31.0. The number of H-pyrrole nitrogens is 1. The molecule has 0 saturated heterocycles. The maximum atomic E-state index is 12.1. The predicted octanol–water partition coefficient (Wildman–Crippen LogP) is 2.45. The van der Waals surface area contributed by atoms with Crippen LogP contribution < -0.4 is 9.46 Å². The number of sulfonamides is 1. The number of carbonyl (C=O) groups is 1. The van der Waals surface area contributed by atoms with E-state index in [-0.39, 0.29) is 20.8 Å². The second-order valence-corrected chi connectivity index (χ2v) is 6.42. The molecule has 9 heteroatoms. The van der Waals surface area contributed by atoms with Crippen LogP contribution in [-0.4, -0.2) is 26.4 Å². The lowest BCUT2D eigenvalue weighted by atomic mass is 10.3. The molecule has 1 amide bonds. The van der Waals surface area contributed by atoms with E-state index >= 15 is 0 Å². The molecule has 0 fully saturated rings. The summed E-state index contributed by atoms with van der Waals surface area (Å²) in [5.41, 5.74) is -0.0536. The van der Waals surface area contributed by atoms with Gasteiger partial charge in [-0.1, -0.05) is 23.2 Å². The summed E-state index contributed by atoms with van der Waals surface area (Å²) in [5.74, 6) is -0.358. The van der Waals surface area contributed by atoms with Gasteiger partial charge in [-0.05, 0) is 30.3 Å². The van der Waals surface area contributed by atoms with Gasteiger partial charge in [0, 0.05) is 0 Å². The molecule has 2 rings (SSSR count). The Morgan fingerprint density at radius 1 is 1.24 bits per heavy atom. The molecular formula is C12H10Cl2N2O4S. The van der Waals surface area contributed by atoms with Crippen LogP contribution in [0.5, 0.6) is 5.75 Å². The Hall–Kier alpha value is -1.70. The third kappa shape index (κ3) is 3.49. The zero-order valence-electron chi connectivity index (χ0n) is 10.7. The number of amides is 1. The van der Waals surface area contributed by atoms with E-state index in [9.17, 15) is 13.2 Å². The van der Waals surface area contributed by atoms with Crippen LogP contribution in [-0.2, 0) is 10.0 Å². The van der Waals surface area contributed by atoms with Crippen LogP contribution in [0.4, 0.5) is 0 Å². The van der Waals surface area contributed by atoms with Gasteiger partial charge >= 0.3 is 0 Å². The SMILES string of the molecule is COc1ccc(S(=O)(=O)NC(=O)c2cc(Cl)c(Cl)[nH]2)cc1. The fourth-order valence-electron chi connectivity index (χ4n) is 1.52. The minimum Gasteiger partial charge on any atom is -0.497 e. The van der Waals surface area contributed by atoms with Crippen molar-refractivity contribution < 1.29 is 17.9 Å². The number of rotatable bonds is 4. The number of halogens is 2. The van der Waals surface area contributed by atoms with Crippen molar-refractivity contribution in [2.45, 2.75) is 4.90 Å². The third-order valence-electron chi connectivity index (χ3n) is 2.57. The number of hydrogen-bond donors (Lipinski definition) is 2. The van der Waals surface area contributed by atoms with E-state index in [1.54, 1.807) is 0 Å². The van der Waals surface area contributed by atoms with Gasteiger partial charge in [0.05, 0.1) is 17.0 Å². The molecule has 6 nitrogen and oxygen atoms in total. The van der Waals surface area contributed by atoms with E-state index < -0.39 is 15.9 Å². The van der Waals surface area contributed by atoms with Crippen LogP contribution in [0.1, 0.15) is 10.5 Å². The molecule has 0 unspecified atom stereocenters. The molecular weight excluding hydrogens is 339 g/mol. The van der Waals surface area contributed by atoms with Crippen LogP contribution in [0.25, 0.3) is 0 Å². The lowest BCUT2D eigenvalue weighted by Crippen LogP contribution is -2.30. The number of ether oxygens (including phenoxy) is 1. The van der Waals surface area contributed by atoms with Crippen molar-refractivity contribution in [2.24, 2.45) is 0 Å². The number of hydrogen-bond acceptors (Lipinski definition) is 4. The molecule has 1 heterocycles. The quantitative estimate of drug-likeness (QED) is 0.888. The number of benzene rings is 1. The van der Waals surface area contributed by atoms with Crippen LogP contribution in [0.15, 0.2) is 35.2 Å². The fourth-order valence-corrected chi connectivity index (χ4v) is 2.80. The van der Waals surface area contributed by atoms with E-state index in [2.05, 4.69) is 4.98 Å². The molecule has 0 bridgehead atoms. The number of nitrogens with one attached hydrogen (secondary N) is 2. The minimum absolute atomic E-state index is 0.0536. The molecule has 112 valence electrons. The first-order valence-corrected chi connectivity index (χ1v) is 7.82. The predicted molar refractivity (Wildman–Crippen MR) is 78.5 cm³/mol. The number of aromatic amines is 1. The van der Waals surface area contributed by atoms with E-state index in [4.69, 9.17) is 27.9 Å². The Morgan fingerprint density at radius 3 is 2.33 bits per heavy atom. The molecule has 0 atom stereocenters. The molecule has 1 aromatic heterocycles. The standard InChI is InChI=1S/C12H10Cl2N2O4S/c1-20-7-2-4-8(5-3-7)21(18,19)16-12(17)10-6-9(13)11(14)15-10/h2-6,15H,1H3,(H,16,17). The van der Waals surface area contributed by atoms with Gasteiger partial charge in [0.15, 0.2) is 0 Å². The molecule has 0 spiro atoms. The summed E-state index contributed by atoms with van der Waals surface area (Å²) >= 11 is 11.4. The lowest BCUT2D eigenvalue weighted by Gasteiger charge is -2.06. The lowest BCUT2D eigenvalue weighted by molar-refractivity contribution is 0.0977. The van der Waals surface area contributed by atoms with Crippen molar-refractivity contribution in [3.63, 3.8) is 0 Å². The normalized spacial score (nSPS) is 11.2. The van der Waals surface area contributed by atoms with Gasteiger partial charge in [-0.2, -0.15) is 0 Å². The molecule has 1 aromatic carbocycles. The van der Waals surface area contributed by atoms with Crippen LogP contribution in [0.3, 0.4) is 0 Å². The van der Waals surface area contributed by atoms with Crippen molar-refractivity contribution in [1.29, 1.82) is 0 Å². The zero-order valence-corrected chi connectivity index (χ0v) is 13.0. The maximum absolute atomic E-state index is 12.1. The second kappa shape index (κ2) is 5.97. The molecule has 21 heavy (non-hydrogen) atoms. The monoisotopic (exact) mass is 348 g/mol. The third-order valence-corrected chi connectivity index (χ3v) is 4.61. The van der Waals surface area contributed by atoms with Gasteiger partial charge in [-0.3, -0.25) is 4.79 Å². The zero-order chi connectivity index (χ0) is 15.6. The van der Waals surface area contributed by atoms with Crippen molar-refractivity contribution >= 4 is 39.1 Å². The van der Waals surface area contributed by atoms with Crippen LogP contribution >= 0.6 is 23.2 Å². The average Bonchev–Trinajstić information content (AvgIpc) is 2.78. The highest BCUT2D eigenvalue weighted by Gasteiger charge is 2.20. The maximum Gasteiger partial charge on any atom is 0.281 e. The molecule has 0 saturated carbocycles. The average molecular weight is 349 g/mol. The van der Waals surface area contributed by atoms with Crippen molar-refractivity contribution in [3.8, 4) is 5.75 Å². The number of carbonyl (C=O) groups excluding carboxylic acids is 1. The van der Waals surface area contributed by atoms with Crippen molar-refractivity contribution in [1.82, 2.24) is 9.71 Å². The first kappa shape index (κ1) is 15.7. The Morgan fingerprint density at radius 2 is 1.86 bits per heavy atom. The highest BCUT2D eigenvalue weighted by atomic mass is 35.5. The highest BCUT2D eigenvalue weighted by molar-refractivity contribution is 7.90. The van der Waals surface area contributed by atoms with E-state index in [1.807, 2.05) is 4.72 Å². The smallest absolute Gasteiger partial charge is 0.281 e. The summed E-state index contributed by atoms with van der Waals surface area (Å²) in [5, 5.41) is 0.187. The Labute approximate surface area is 131 Å². The van der Waals surface area contributed by atoms with Crippen molar-refractivity contribution in [3.05, 3.63) is 46.2 Å². The highest BCUT2D eigenvalue weighted by Crippen LogP contribution is 2.22. The largest absolute Gasteiger partial charge is 0.497 e. The first-order valence-electron chi connectivity index (χ1n) is 5.58. The molecule has 2 N–H and O–H groups in total. The van der Waals surface area contributed by atoms with Crippen LogP contribution in [0.2, 0.25) is 10.2 Å². The summed E-state index contributed by atoms with van der Waals surface area (Å²) in [7, 11) is -2.54. The van der Waals surface area contributed by atoms with Gasteiger partial charge < -0.3 is 9.72 Å². The molecule has 0 aliphatic carbocycles. The van der Waals surface area contributed by atoms with Crippen LogP contribution in [0, 0.1) is 0 Å². The van der Waals surface area contributed by atoms with Gasteiger partial charge in [0.1, 0.15) is 16.6 Å². The first-order chi connectivity index (χ1) is 9.83. The molecule has 0 aliphatic rings. The fraction of sp³-hybridized carbons (Fsp3) is 0.0833. The Balaban J connectivity index is 2.22. The van der Waals surface area contributed by atoms with E-state index in [1.165, 1.54) is 37.4 Å².